The second-order valence-electron chi connectivity index (χ2n) is 3.68. The van der Waals surface area contributed by atoms with Crippen molar-refractivity contribution in [2.45, 2.75) is 25.7 Å². The molecule has 1 heterocycles. The van der Waals surface area contributed by atoms with Gasteiger partial charge >= 0.3 is 0 Å². The largest absolute Gasteiger partial charge is 0.292 e. The van der Waals surface area contributed by atoms with E-state index in [1.165, 1.54) is 0 Å². The van der Waals surface area contributed by atoms with Gasteiger partial charge in [0.25, 0.3) is 0 Å². The second-order valence-corrected chi connectivity index (χ2v) is 4.09. The van der Waals surface area contributed by atoms with E-state index in [-0.39, 0.29) is 11.7 Å². The summed E-state index contributed by atoms with van der Waals surface area (Å²) in [4.78, 5) is 16.0. The number of halogens is 1. The number of hydrogen-bond acceptors (Lipinski definition) is 2. The number of ketones is 1. The first-order chi connectivity index (χ1) is 6.79. The van der Waals surface area contributed by atoms with Gasteiger partial charge in [-0.3, -0.25) is 9.78 Å². The maximum absolute atomic E-state index is 11.9. The lowest BCUT2D eigenvalue weighted by Gasteiger charge is -2.07. The Labute approximate surface area is 88.3 Å². The quantitative estimate of drug-likeness (QED) is 0.701. The van der Waals surface area contributed by atoms with Gasteiger partial charge < -0.3 is 0 Å². The highest BCUT2D eigenvalue weighted by Crippen LogP contribution is 2.29. The average molecular weight is 210 g/mol. The fourth-order valence-corrected chi connectivity index (χ4v) is 2.16. The molecular weight excluding hydrogens is 198 g/mol. The molecule has 1 aromatic heterocycles. The van der Waals surface area contributed by atoms with Gasteiger partial charge in [-0.2, -0.15) is 0 Å². The molecule has 1 aliphatic carbocycles. The summed E-state index contributed by atoms with van der Waals surface area (Å²) in [6.07, 6.45) is 5.91. The van der Waals surface area contributed by atoms with Crippen LogP contribution in [0.2, 0.25) is 5.02 Å². The minimum Gasteiger partial charge on any atom is -0.292 e. The molecule has 0 amide bonds. The molecular formula is C11H12ClNO. The van der Waals surface area contributed by atoms with Crippen molar-refractivity contribution in [1.29, 1.82) is 0 Å². The molecule has 3 heteroatoms. The van der Waals surface area contributed by atoms with E-state index in [0.29, 0.717) is 10.7 Å². The van der Waals surface area contributed by atoms with Gasteiger partial charge in [-0.1, -0.05) is 24.4 Å². The summed E-state index contributed by atoms with van der Waals surface area (Å²) < 4.78 is 0. The number of carbonyl (C=O) groups is 1. The van der Waals surface area contributed by atoms with E-state index in [2.05, 4.69) is 4.98 Å². The summed E-state index contributed by atoms with van der Waals surface area (Å²) in [6.45, 7) is 0. The number of Topliss-reactive ketones (excluding diaryl/α,β-unsaturated/α-hetero) is 1. The lowest BCUT2D eigenvalue weighted by Crippen LogP contribution is -2.13. The Morgan fingerprint density at radius 1 is 1.43 bits per heavy atom. The van der Waals surface area contributed by atoms with Gasteiger partial charge in [0, 0.05) is 12.1 Å². The normalized spacial score (nSPS) is 17.2. The van der Waals surface area contributed by atoms with Gasteiger partial charge in [0.1, 0.15) is 5.69 Å². The molecule has 14 heavy (non-hydrogen) atoms. The molecule has 0 radical (unpaired) electrons. The maximum Gasteiger partial charge on any atom is 0.185 e. The third-order valence-corrected chi connectivity index (χ3v) is 3.02. The highest BCUT2D eigenvalue weighted by atomic mass is 35.5. The Bertz CT molecular complexity index is 345. The fraction of sp³-hybridized carbons (Fsp3) is 0.455. The Morgan fingerprint density at radius 2 is 2.14 bits per heavy atom. The first kappa shape index (κ1) is 9.66. The third kappa shape index (κ3) is 1.80. The molecule has 1 saturated carbocycles. The van der Waals surface area contributed by atoms with Crippen LogP contribution in [0.15, 0.2) is 18.3 Å². The Kier molecular flexibility index (Phi) is 2.82. The molecule has 74 valence electrons. The Hall–Kier alpha value is -0.890. The molecule has 0 N–H and O–H groups in total. The lowest BCUT2D eigenvalue weighted by atomic mass is 10.00. The van der Waals surface area contributed by atoms with E-state index in [1.54, 1.807) is 18.3 Å². The molecule has 0 atom stereocenters. The SMILES string of the molecule is O=C(c1ncccc1Cl)C1CCCC1. The fourth-order valence-electron chi connectivity index (χ4n) is 1.95. The van der Waals surface area contributed by atoms with Crippen molar-refractivity contribution in [1.82, 2.24) is 4.98 Å². The zero-order valence-electron chi connectivity index (χ0n) is 7.87. The number of rotatable bonds is 2. The second kappa shape index (κ2) is 4.09. The molecule has 2 rings (SSSR count). The molecule has 1 aromatic rings. The van der Waals surface area contributed by atoms with Gasteiger partial charge in [0.05, 0.1) is 5.02 Å². The number of carbonyl (C=O) groups excluding carboxylic acids is 1. The summed E-state index contributed by atoms with van der Waals surface area (Å²) in [6, 6.07) is 3.46. The Balaban J connectivity index is 2.22. The first-order valence-corrected chi connectivity index (χ1v) is 5.31. The van der Waals surface area contributed by atoms with Crippen LogP contribution in [0.4, 0.5) is 0 Å². The van der Waals surface area contributed by atoms with Crippen LogP contribution >= 0.6 is 11.6 Å². The molecule has 0 spiro atoms. The molecule has 1 fully saturated rings. The van der Waals surface area contributed by atoms with Crippen LogP contribution in [0.3, 0.4) is 0 Å². The van der Waals surface area contributed by atoms with Gasteiger partial charge in [-0.05, 0) is 25.0 Å². The third-order valence-electron chi connectivity index (χ3n) is 2.72. The summed E-state index contributed by atoms with van der Waals surface area (Å²) in [7, 11) is 0. The van der Waals surface area contributed by atoms with Crippen LogP contribution in [0.1, 0.15) is 36.2 Å². The molecule has 0 aromatic carbocycles. The molecule has 0 aliphatic heterocycles. The van der Waals surface area contributed by atoms with Gasteiger partial charge in [0.15, 0.2) is 5.78 Å². The molecule has 0 unspecified atom stereocenters. The average Bonchev–Trinajstić information content (AvgIpc) is 2.70. The van der Waals surface area contributed by atoms with Crippen molar-refractivity contribution in [3.63, 3.8) is 0 Å². The molecule has 2 nitrogen and oxygen atoms in total. The predicted octanol–water partition coefficient (Wildman–Crippen LogP) is 3.11. The van der Waals surface area contributed by atoms with Gasteiger partial charge in [-0.15, -0.1) is 0 Å². The van der Waals surface area contributed by atoms with Gasteiger partial charge in [0.2, 0.25) is 0 Å². The van der Waals surface area contributed by atoms with Crippen LogP contribution in [0, 0.1) is 5.92 Å². The topological polar surface area (TPSA) is 30.0 Å². The van der Waals surface area contributed by atoms with Gasteiger partial charge in [-0.25, -0.2) is 0 Å². The van der Waals surface area contributed by atoms with E-state index in [9.17, 15) is 4.79 Å². The van der Waals surface area contributed by atoms with Crippen LogP contribution in [-0.2, 0) is 0 Å². The summed E-state index contributed by atoms with van der Waals surface area (Å²) in [5, 5.41) is 0.476. The predicted molar refractivity (Wildman–Crippen MR) is 55.5 cm³/mol. The number of aromatic nitrogens is 1. The van der Waals surface area contributed by atoms with Crippen molar-refractivity contribution >= 4 is 17.4 Å². The highest BCUT2D eigenvalue weighted by Gasteiger charge is 2.25. The van der Waals surface area contributed by atoms with Crippen molar-refractivity contribution in [2.24, 2.45) is 5.92 Å². The van der Waals surface area contributed by atoms with Crippen molar-refractivity contribution in [2.75, 3.05) is 0 Å². The molecule has 0 bridgehead atoms. The zero-order chi connectivity index (χ0) is 9.97. The van der Waals surface area contributed by atoms with Crippen LogP contribution in [0.5, 0.6) is 0 Å². The minimum atomic E-state index is 0.119. The van der Waals surface area contributed by atoms with Crippen LogP contribution in [-0.4, -0.2) is 10.8 Å². The summed E-state index contributed by atoms with van der Waals surface area (Å²) >= 11 is 5.91. The lowest BCUT2D eigenvalue weighted by molar-refractivity contribution is 0.0918. The Morgan fingerprint density at radius 3 is 2.79 bits per heavy atom. The van der Waals surface area contributed by atoms with E-state index >= 15 is 0 Å². The first-order valence-electron chi connectivity index (χ1n) is 4.94. The standard InChI is InChI=1S/C11H12ClNO/c12-9-6-3-7-13-10(9)11(14)8-4-1-2-5-8/h3,6-8H,1-2,4-5H2. The van der Waals surface area contributed by atoms with E-state index < -0.39 is 0 Å². The molecule has 0 saturated heterocycles. The van der Waals surface area contributed by atoms with Crippen LogP contribution in [0.25, 0.3) is 0 Å². The summed E-state index contributed by atoms with van der Waals surface area (Å²) in [5.41, 5.74) is 0.445. The van der Waals surface area contributed by atoms with Crippen molar-refractivity contribution in [3.8, 4) is 0 Å². The minimum absolute atomic E-state index is 0.119. The monoisotopic (exact) mass is 209 g/mol. The maximum atomic E-state index is 11.9. The number of hydrogen-bond donors (Lipinski definition) is 0. The van der Waals surface area contributed by atoms with Crippen LogP contribution < -0.4 is 0 Å². The van der Waals surface area contributed by atoms with Crippen molar-refractivity contribution in [3.05, 3.63) is 29.0 Å². The number of nitrogens with zero attached hydrogens (tertiary/aromatic N) is 1. The van der Waals surface area contributed by atoms with Crippen molar-refractivity contribution < 1.29 is 4.79 Å². The van der Waals surface area contributed by atoms with E-state index in [4.69, 9.17) is 11.6 Å². The number of pyridine rings is 1. The highest BCUT2D eigenvalue weighted by molar-refractivity contribution is 6.33. The van der Waals surface area contributed by atoms with E-state index in [0.717, 1.165) is 25.7 Å². The zero-order valence-corrected chi connectivity index (χ0v) is 8.63. The van der Waals surface area contributed by atoms with E-state index in [1.807, 2.05) is 0 Å². The molecule has 1 aliphatic rings. The smallest absolute Gasteiger partial charge is 0.185 e. The summed E-state index contributed by atoms with van der Waals surface area (Å²) in [5.74, 6) is 0.274.